The molecule has 0 aromatic heterocycles. The highest BCUT2D eigenvalue weighted by molar-refractivity contribution is 7.87. The lowest BCUT2D eigenvalue weighted by Gasteiger charge is -2.19. The molecule has 5 heteroatoms. The van der Waals surface area contributed by atoms with E-state index < -0.39 is 15.1 Å². The average molecular weight is 252 g/mol. The van der Waals surface area contributed by atoms with Gasteiger partial charge in [-0.05, 0) is 19.8 Å². The molecule has 98 valence electrons. The van der Waals surface area contributed by atoms with Gasteiger partial charge in [-0.2, -0.15) is 8.42 Å². The van der Waals surface area contributed by atoms with Gasteiger partial charge in [-0.25, -0.2) is 0 Å². The Labute approximate surface area is 98.8 Å². The maximum Gasteiger partial charge on any atom is 0.294 e. The number of unbranched alkanes of at least 4 members (excludes halogenated alkanes) is 6. The van der Waals surface area contributed by atoms with Gasteiger partial charge in [0.2, 0.25) is 0 Å². The molecule has 16 heavy (non-hydrogen) atoms. The van der Waals surface area contributed by atoms with Gasteiger partial charge in [-0.15, -0.1) is 0 Å². The second kappa shape index (κ2) is 7.25. The molecule has 1 unspecified atom stereocenters. The number of rotatable bonds is 9. The van der Waals surface area contributed by atoms with Crippen molar-refractivity contribution in [2.24, 2.45) is 0 Å². The Morgan fingerprint density at radius 2 is 1.44 bits per heavy atom. The molecule has 0 heterocycles. The fraction of sp³-hybridized carbons (Fsp3) is 1.00. The zero-order valence-electron chi connectivity index (χ0n) is 10.3. The van der Waals surface area contributed by atoms with Crippen molar-refractivity contribution in [3.8, 4) is 0 Å². The minimum absolute atomic E-state index is 0.0968. The van der Waals surface area contributed by atoms with Crippen LogP contribution in [0.25, 0.3) is 0 Å². The number of hydrogen-bond donors (Lipinski definition) is 2. The zero-order chi connectivity index (χ0) is 12.7. The summed E-state index contributed by atoms with van der Waals surface area (Å²) < 4.78 is 30.3. The molecule has 0 radical (unpaired) electrons. The number of aliphatic hydroxyl groups is 1. The van der Waals surface area contributed by atoms with E-state index >= 15 is 0 Å². The third-order valence-electron chi connectivity index (χ3n) is 2.80. The van der Waals surface area contributed by atoms with Crippen LogP contribution >= 0.6 is 0 Å². The average Bonchev–Trinajstić information content (AvgIpc) is 2.14. The van der Waals surface area contributed by atoms with Crippen LogP contribution in [0.3, 0.4) is 0 Å². The van der Waals surface area contributed by atoms with E-state index in [1.54, 1.807) is 0 Å². The molecule has 0 rings (SSSR count). The summed E-state index contributed by atoms with van der Waals surface area (Å²) in [4.78, 5) is -1.99. The normalized spacial score (nSPS) is 16.0. The molecule has 0 aliphatic heterocycles. The van der Waals surface area contributed by atoms with Gasteiger partial charge in [0.25, 0.3) is 10.1 Å². The van der Waals surface area contributed by atoms with Gasteiger partial charge in [-0.1, -0.05) is 45.4 Å². The van der Waals surface area contributed by atoms with Crippen LogP contribution in [0.15, 0.2) is 0 Å². The summed E-state index contributed by atoms with van der Waals surface area (Å²) >= 11 is 0. The molecule has 0 aromatic rings. The van der Waals surface area contributed by atoms with Crippen molar-refractivity contribution in [3.63, 3.8) is 0 Å². The van der Waals surface area contributed by atoms with Gasteiger partial charge in [-0.3, -0.25) is 4.55 Å². The fourth-order valence-corrected chi connectivity index (χ4v) is 1.94. The van der Waals surface area contributed by atoms with E-state index in [1.165, 1.54) is 19.3 Å². The fourth-order valence-electron chi connectivity index (χ4n) is 1.54. The summed E-state index contributed by atoms with van der Waals surface area (Å²) in [7, 11) is -4.35. The summed E-state index contributed by atoms with van der Waals surface area (Å²) in [5.74, 6) is 0. The Balaban J connectivity index is 3.59. The summed E-state index contributed by atoms with van der Waals surface area (Å²) in [6.45, 7) is 3.29. The van der Waals surface area contributed by atoms with Gasteiger partial charge >= 0.3 is 0 Å². The van der Waals surface area contributed by atoms with Gasteiger partial charge < -0.3 is 5.11 Å². The molecule has 1 atom stereocenters. The second-order valence-corrected chi connectivity index (χ2v) is 6.35. The smallest absolute Gasteiger partial charge is 0.294 e. The summed E-state index contributed by atoms with van der Waals surface area (Å²) in [6.07, 6.45) is 7.49. The highest BCUT2D eigenvalue weighted by Crippen LogP contribution is 2.20. The quantitative estimate of drug-likeness (QED) is 0.489. The third kappa shape index (κ3) is 6.45. The molecule has 0 aliphatic rings. The molecule has 0 aliphatic carbocycles. The van der Waals surface area contributed by atoms with Gasteiger partial charge in [0.1, 0.15) is 0 Å². The SMILES string of the molecule is CCCCCCCCCC(C)(O)S(=O)(=O)O. The minimum Gasteiger partial charge on any atom is -0.373 e. The molecule has 4 nitrogen and oxygen atoms in total. The van der Waals surface area contributed by atoms with Crippen LogP contribution in [0.2, 0.25) is 0 Å². The van der Waals surface area contributed by atoms with Crippen molar-refractivity contribution in [1.29, 1.82) is 0 Å². The predicted molar refractivity (Wildman–Crippen MR) is 64.8 cm³/mol. The van der Waals surface area contributed by atoms with Gasteiger partial charge in [0.05, 0.1) is 0 Å². The monoisotopic (exact) mass is 252 g/mol. The molecule has 0 saturated heterocycles. The molecule has 0 saturated carbocycles. The van der Waals surface area contributed by atoms with Gasteiger partial charge in [0.15, 0.2) is 4.93 Å². The van der Waals surface area contributed by atoms with Crippen LogP contribution in [-0.2, 0) is 10.1 Å². The lowest BCUT2D eigenvalue weighted by atomic mass is 10.1. The first-order chi connectivity index (χ1) is 7.31. The number of hydrogen-bond acceptors (Lipinski definition) is 3. The largest absolute Gasteiger partial charge is 0.373 e. The van der Waals surface area contributed by atoms with Crippen LogP contribution in [0.1, 0.15) is 65.2 Å². The van der Waals surface area contributed by atoms with Crippen molar-refractivity contribution in [3.05, 3.63) is 0 Å². The second-order valence-electron chi connectivity index (χ2n) is 4.52. The van der Waals surface area contributed by atoms with E-state index in [4.69, 9.17) is 4.55 Å². The lowest BCUT2D eigenvalue weighted by molar-refractivity contribution is 0.119. The molecule has 0 bridgehead atoms. The first kappa shape index (κ1) is 15.9. The topological polar surface area (TPSA) is 74.6 Å². The Morgan fingerprint density at radius 1 is 1.00 bits per heavy atom. The zero-order valence-corrected chi connectivity index (χ0v) is 11.1. The molecule has 0 amide bonds. The van der Waals surface area contributed by atoms with Crippen LogP contribution in [0.5, 0.6) is 0 Å². The van der Waals surface area contributed by atoms with Crippen LogP contribution in [0, 0.1) is 0 Å². The Bertz CT molecular complexity index is 270. The van der Waals surface area contributed by atoms with Crippen molar-refractivity contribution in [2.75, 3.05) is 0 Å². The third-order valence-corrected chi connectivity index (χ3v) is 4.12. The van der Waals surface area contributed by atoms with E-state index in [2.05, 4.69) is 6.92 Å². The highest BCUT2D eigenvalue weighted by atomic mass is 32.2. The maximum absolute atomic E-state index is 10.8. The molecule has 0 aromatic carbocycles. The minimum atomic E-state index is -4.35. The Morgan fingerprint density at radius 3 is 1.88 bits per heavy atom. The molecular formula is C11H24O4S. The standard InChI is InChI=1S/C11H24O4S/c1-3-4-5-6-7-8-9-10-11(2,12)16(13,14)15/h12H,3-10H2,1-2H3,(H,13,14,15). The van der Waals surface area contributed by atoms with E-state index in [-0.39, 0.29) is 6.42 Å². The van der Waals surface area contributed by atoms with E-state index in [0.29, 0.717) is 6.42 Å². The molecular weight excluding hydrogens is 228 g/mol. The van der Waals surface area contributed by atoms with Crippen LogP contribution < -0.4 is 0 Å². The Hall–Kier alpha value is -0.130. The first-order valence-electron chi connectivity index (χ1n) is 6.00. The van der Waals surface area contributed by atoms with Crippen molar-refractivity contribution >= 4 is 10.1 Å². The summed E-state index contributed by atoms with van der Waals surface area (Å²) in [5.41, 5.74) is 0. The van der Waals surface area contributed by atoms with Crippen molar-refractivity contribution in [1.82, 2.24) is 0 Å². The maximum atomic E-state index is 10.8. The summed E-state index contributed by atoms with van der Waals surface area (Å²) in [5, 5.41) is 9.45. The van der Waals surface area contributed by atoms with Crippen molar-refractivity contribution in [2.45, 2.75) is 70.1 Å². The highest BCUT2D eigenvalue weighted by Gasteiger charge is 2.34. The molecule has 2 N–H and O–H groups in total. The van der Waals surface area contributed by atoms with Crippen LogP contribution in [0.4, 0.5) is 0 Å². The van der Waals surface area contributed by atoms with Crippen molar-refractivity contribution < 1.29 is 18.1 Å². The molecule has 0 fully saturated rings. The summed E-state index contributed by atoms with van der Waals surface area (Å²) in [6, 6.07) is 0. The first-order valence-corrected chi connectivity index (χ1v) is 7.44. The van der Waals surface area contributed by atoms with E-state index in [9.17, 15) is 13.5 Å². The van der Waals surface area contributed by atoms with Gasteiger partial charge in [0, 0.05) is 0 Å². The lowest BCUT2D eigenvalue weighted by Crippen LogP contribution is -2.34. The predicted octanol–water partition coefficient (Wildman–Crippen LogP) is 2.72. The van der Waals surface area contributed by atoms with E-state index in [0.717, 1.165) is 26.2 Å². The Kier molecular flexibility index (Phi) is 7.19. The molecule has 0 spiro atoms. The van der Waals surface area contributed by atoms with Crippen LogP contribution in [-0.4, -0.2) is 23.0 Å². The van der Waals surface area contributed by atoms with E-state index in [1.807, 2.05) is 0 Å².